The number of amides is 1. The van der Waals surface area contributed by atoms with Crippen molar-refractivity contribution in [2.45, 2.75) is 6.54 Å². The van der Waals surface area contributed by atoms with Crippen molar-refractivity contribution in [1.29, 1.82) is 0 Å². The van der Waals surface area contributed by atoms with Gasteiger partial charge in [0.1, 0.15) is 5.82 Å². The van der Waals surface area contributed by atoms with Crippen LogP contribution in [-0.4, -0.2) is 54.2 Å². The summed E-state index contributed by atoms with van der Waals surface area (Å²) in [5.74, 6) is -0.891. The van der Waals surface area contributed by atoms with E-state index in [-0.39, 0.29) is 5.69 Å². The first-order valence-electron chi connectivity index (χ1n) is 10.1. The largest absolute Gasteiger partial charge is 0.473 e. The predicted octanol–water partition coefficient (Wildman–Crippen LogP) is 3.84. The van der Waals surface area contributed by atoms with Crippen LogP contribution in [0.4, 0.5) is 10.1 Å². The second kappa shape index (κ2) is 10.4. The number of morpholine rings is 1. The smallest absolute Gasteiger partial charge is 0.273 e. The first kappa shape index (κ1) is 22.1. The first-order chi connectivity index (χ1) is 15.6. The maximum absolute atomic E-state index is 14.5. The van der Waals surface area contributed by atoms with Gasteiger partial charge in [0, 0.05) is 55.4 Å². The third-order valence-electron chi connectivity index (χ3n) is 4.99. The molecule has 3 heterocycles. The highest BCUT2D eigenvalue weighted by molar-refractivity contribution is 7.16. The summed E-state index contributed by atoms with van der Waals surface area (Å²) in [7, 11) is 1.56. The Morgan fingerprint density at radius 3 is 2.91 bits per heavy atom. The fourth-order valence-electron chi connectivity index (χ4n) is 3.36. The van der Waals surface area contributed by atoms with Gasteiger partial charge in [-0.2, -0.15) is 0 Å². The van der Waals surface area contributed by atoms with E-state index in [0.29, 0.717) is 25.0 Å². The number of nitrogens with one attached hydrogen (secondary N) is 1. The maximum Gasteiger partial charge on any atom is 0.273 e. The SMILES string of the molecule is COc1ncc(-c2ccncc2C=CC(=O)Nc2ccc(CN3CCOCC3)cc2F)s1. The van der Waals surface area contributed by atoms with Crippen LogP contribution >= 0.6 is 11.3 Å². The molecule has 32 heavy (non-hydrogen) atoms. The van der Waals surface area contributed by atoms with E-state index in [1.54, 1.807) is 37.8 Å². The number of pyridine rings is 1. The molecule has 7 nitrogen and oxygen atoms in total. The number of nitrogens with zero attached hydrogens (tertiary/aromatic N) is 3. The van der Waals surface area contributed by atoms with Gasteiger partial charge < -0.3 is 14.8 Å². The van der Waals surface area contributed by atoms with Crippen molar-refractivity contribution < 1.29 is 18.7 Å². The molecule has 0 atom stereocenters. The molecule has 1 amide bonds. The Morgan fingerprint density at radius 1 is 1.31 bits per heavy atom. The minimum Gasteiger partial charge on any atom is -0.473 e. The van der Waals surface area contributed by atoms with Gasteiger partial charge in [-0.05, 0) is 29.8 Å². The molecule has 3 aromatic rings. The zero-order valence-electron chi connectivity index (χ0n) is 17.6. The van der Waals surface area contributed by atoms with E-state index in [4.69, 9.17) is 9.47 Å². The molecule has 1 aliphatic heterocycles. The number of thiazole rings is 1. The third kappa shape index (κ3) is 5.56. The lowest BCUT2D eigenvalue weighted by atomic mass is 10.1. The summed E-state index contributed by atoms with van der Waals surface area (Å²) in [5, 5.41) is 3.15. The lowest BCUT2D eigenvalue weighted by molar-refractivity contribution is -0.111. The Morgan fingerprint density at radius 2 is 2.16 bits per heavy atom. The number of carbonyl (C=O) groups is 1. The highest BCUT2D eigenvalue weighted by Crippen LogP contribution is 2.32. The number of hydrogen-bond acceptors (Lipinski definition) is 7. The average molecular weight is 455 g/mol. The Kier molecular flexibility index (Phi) is 7.21. The average Bonchev–Trinajstić information content (AvgIpc) is 3.30. The van der Waals surface area contributed by atoms with E-state index in [9.17, 15) is 9.18 Å². The Hall–Kier alpha value is -3.14. The molecule has 0 radical (unpaired) electrons. The Labute approximate surface area is 189 Å². The molecule has 4 rings (SSSR count). The fourth-order valence-corrected chi connectivity index (χ4v) is 4.13. The number of methoxy groups -OCH3 is 1. The minimum atomic E-state index is -0.462. The van der Waals surface area contributed by atoms with E-state index >= 15 is 0 Å². The Bertz CT molecular complexity index is 1110. The Balaban J connectivity index is 1.41. The van der Waals surface area contributed by atoms with Crippen LogP contribution in [0.15, 0.2) is 48.9 Å². The van der Waals surface area contributed by atoms with Crippen molar-refractivity contribution >= 4 is 29.0 Å². The van der Waals surface area contributed by atoms with Gasteiger partial charge >= 0.3 is 0 Å². The molecule has 1 fully saturated rings. The van der Waals surface area contributed by atoms with E-state index < -0.39 is 11.7 Å². The predicted molar refractivity (Wildman–Crippen MR) is 122 cm³/mol. The minimum absolute atomic E-state index is 0.143. The van der Waals surface area contributed by atoms with E-state index in [1.165, 1.54) is 23.5 Å². The van der Waals surface area contributed by atoms with Crippen molar-refractivity contribution in [2.75, 3.05) is 38.7 Å². The second-order valence-corrected chi connectivity index (χ2v) is 8.18. The second-order valence-electron chi connectivity index (χ2n) is 7.18. The number of anilines is 1. The van der Waals surface area contributed by atoms with Gasteiger partial charge in [0.05, 0.1) is 30.9 Å². The molecule has 2 aromatic heterocycles. The van der Waals surface area contributed by atoms with Gasteiger partial charge in [0.2, 0.25) is 5.91 Å². The van der Waals surface area contributed by atoms with Crippen LogP contribution in [0.3, 0.4) is 0 Å². The van der Waals surface area contributed by atoms with Gasteiger partial charge in [-0.3, -0.25) is 14.7 Å². The molecule has 1 N–H and O–H groups in total. The molecule has 1 aromatic carbocycles. The summed E-state index contributed by atoms with van der Waals surface area (Å²) in [4.78, 5) is 23.8. The highest BCUT2D eigenvalue weighted by atomic mass is 32.1. The first-order valence-corrected chi connectivity index (χ1v) is 11.0. The molecule has 0 unspecified atom stereocenters. The normalized spacial score (nSPS) is 14.6. The van der Waals surface area contributed by atoms with Gasteiger partial charge in [0.25, 0.3) is 5.19 Å². The molecule has 0 saturated carbocycles. The topological polar surface area (TPSA) is 76.6 Å². The summed E-state index contributed by atoms with van der Waals surface area (Å²) in [6, 6.07) is 6.73. The molecule has 9 heteroatoms. The van der Waals surface area contributed by atoms with Gasteiger partial charge in [-0.15, -0.1) is 0 Å². The van der Waals surface area contributed by atoms with Crippen molar-refractivity contribution in [3.05, 3.63) is 65.9 Å². The van der Waals surface area contributed by atoms with Crippen molar-refractivity contribution in [2.24, 2.45) is 0 Å². The summed E-state index contributed by atoms with van der Waals surface area (Å²) >= 11 is 1.40. The van der Waals surface area contributed by atoms with Gasteiger partial charge in [-0.25, -0.2) is 9.37 Å². The number of carbonyl (C=O) groups excluding carboxylic acids is 1. The van der Waals surface area contributed by atoms with Crippen LogP contribution in [-0.2, 0) is 16.1 Å². The van der Waals surface area contributed by atoms with Crippen LogP contribution in [0.2, 0.25) is 0 Å². The molecule has 1 aliphatic rings. The summed E-state index contributed by atoms with van der Waals surface area (Å²) in [6.07, 6.45) is 8.05. The molecule has 0 aliphatic carbocycles. The van der Waals surface area contributed by atoms with Crippen LogP contribution in [0, 0.1) is 5.82 Å². The standard InChI is InChI=1S/C23H23FN4O3S/c1-30-23-26-14-21(32-23)18-6-7-25-13-17(18)3-5-22(29)27-20-4-2-16(12-19(20)24)15-28-8-10-31-11-9-28/h2-7,12-14H,8-11,15H2,1H3,(H,27,29). The van der Waals surface area contributed by atoms with Crippen molar-refractivity contribution in [1.82, 2.24) is 14.9 Å². The number of aromatic nitrogens is 2. The molecule has 0 spiro atoms. The van der Waals surface area contributed by atoms with Crippen LogP contribution in [0.1, 0.15) is 11.1 Å². The maximum atomic E-state index is 14.5. The summed E-state index contributed by atoms with van der Waals surface area (Å²) in [6.45, 7) is 3.70. The summed E-state index contributed by atoms with van der Waals surface area (Å²) < 4.78 is 25.0. The molecule has 0 bridgehead atoms. The fraction of sp³-hybridized carbons (Fsp3) is 0.261. The monoisotopic (exact) mass is 454 g/mol. The zero-order valence-corrected chi connectivity index (χ0v) is 18.4. The van der Waals surface area contributed by atoms with Gasteiger partial charge in [0.15, 0.2) is 0 Å². The van der Waals surface area contributed by atoms with Crippen molar-refractivity contribution in [3.8, 4) is 15.6 Å². The van der Waals surface area contributed by atoms with Gasteiger partial charge in [-0.1, -0.05) is 17.4 Å². The molecule has 1 saturated heterocycles. The number of halogens is 1. The lowest BCUT2D eigenvalue weighted by Crippen LogP contribution is -2.35. The number of rotatable bonds is 7. The van der Waals surface area contributed by atoms with Crippen LogP contribution in [0.5, 0.6) is 5.19 Å². The van der Waals surface area contributed by atoms with Crippen molar-refractivity contribution in [3.63, 3.8) is 0 Å². The zero-order chi connectivity index (χ0) is 22.3. The summed E-state index contributed by atoms with van der Waals surface area (Å²) in [5.41, 5.74) is 2.63. The number of hydrogen-bond donors (Lipinski definition) is 1. The number of benzene rings is 1. The number of ether oxygens (including phenoxy) is 2. The van der Waals surface area contributed by atoms with E-state index in [2.05, 4.69) is 20.2 Å². The van der Waals surface area contributed by atoms with E-state index in [1.807, 2.05) is 12.1 Å². The third-order valence-corrected chi connectivity index (χ3v) is 5.98. The molecular weight excluding hydrogens is 431 g/mol. The lowest BCUT2D eigenvalue weighted by Gasteiger charge is -2.26. The highest BCUT2D eigenvalue weighted by Gasteiger charge is 2.13. The van der Waals surface area contributed by atoms with Crippen LogP contribution in [0.25, 0.3) is 16.5 Å². The van der Waals surface area contributed by atoms with Crippen LogP contribution < -0.4 is 10.1 Å². The molecular formula is C23H23FN4O3S. The van der Waals surface area contributed by atoms with E-state index in [0.717, 1.165) is 34.7 Å². The quantitative estimate of drug-likeness (QED) is 0.547. The molecule has 166 valence electrons.